The molecule has 0 fully saturated rings. The van der Waals surface area contributed by atoms with Crippen LogP contribution in [-0.4, -0.2) is 12.8 Å². The van der Waals surface area contributed by atoms with Gasteiger partial charge in [0.15, 0.2) is 0 Å². The Hall–Kier alpha value is -1.70. The molecule has 1 heterocycles. The summed E-state index contributed by atoms with van der Waals surface area (Å²) < 4.78 is 0. The third-order valence-corrected chi connectivity index (χ3v) is 2.53. The zero-order valence-corrected chi connectivity index (χ0v) is 7.62. The topological polar surface area (TPSA) is 15.8 Å². The fraction of sp³-hybridized carbons (Fsp3) is 0. The van der Waals surface area contributed by atoms with E-state index in [1.54, 1.807) is 0 Å². The van der Waals surface area contributed by atoms with Gasteiger partial charge in [0.2, 0.25) is 0 Å². The SMILES string of the molecule is [B]c1ccc2[nH]c3ccccc3c2c1. The number of aromatic nitrogens is 1. The van der Waals surface area contributed by atoms with E-state index in [4.69, 9.17) is 7.85 Å². The Morgan fingerprint density at radius 1 is 0.857 bits per heavy atom. The van der Waals surface area contributed by atoms with Gasteiger partial charge in [-0.05, 0) is 12.1 Å². The number of H-pyrrole nitrogens is 1. The summed E-state index contributed by atoms with van der Waals surface area (Å²) in [6.45, 7) is 0. The summed E-state index contributed by atoms with van der Waals surface area (Å²) in [6, 6.07) is 14.2. The second-order valence-electron chi connectivity index (χ2n) is 3.48. The number of hydrogen-bond donors (Lipinski definition) is 1. The first-order valence-corrected chi connectivity index (χ1v) is 4.60. The van der Waals surface area contributed by atoms with Crippen molar-refractivity contribution in [2.45, 2.75) is 0 Å². The lowest BCUT2D eigenvalue weighted by Gasteiger charge is -1.92. The van der Waals surface area contributed by atoms with Crippen molar-refractivity contribution in [3.63, 3.8) is 0 Å². The number of rotatable bonds is 0. The lowest BCUT2D eigenvalue weighted by molar-refractivity contribution is 1.55. The Morgan fingerprint density at radius 3 is 2.57 bits per heavy atom. The molecule has 3 aromatic rings. The van der Waals surface area contributed by atoms with Gasteiger partial charge in [-0.3, -0.25) is 0 Å². The van der Waals surface area contributed by atoms with Crippen molar-refractivity contribution in [1.29, 1.82) is 0 Å². The van der Waals surface area contributed by atoms with E-state index in [9.17, 15) is 0 Å². The van der Waals surface area contributed by atoms with Crippen molar-refractivity contribution >= 4 is 35.1 Å². The third-order valence-electron chi connectivity index (χ3n) is 2.53. The molecule has 3 rings (SSSR count). The Balaban J connectivity index is 2.58. The molecule has 14 heavy (non-hydrogen) atoms. The molecule has 0 atom stereocenters. The number of para-hydroxylation sites is 1. The Bertz CT molecular complexity index is 610. The molecule has 0 spiro atoms. The van der Waals surface area contributed by atoms with E-state index in [2.05, 4.69) is 17.1 Å². The van der Waals surface area contributed by atoms with Crippen LogP contribution >= 0.6 is 0 Å². The zero-order chi connectivity index (χ0) is 9.54. The van der Waals surface area contributed by atoms with E-state index in [0.29, 0.717) is 0 Å². The normalized spacial score (nSPS) is 11.1. The molecule has 0 unspecified atom stereocenters. The van der Waals surface area contributed by atoms with Crippen LogP contribution < -0.4 is 5.46 Å². The molecule has 0 saturated carbocycles. The van der Waals surface area contributed by atoms with E-state index in [0.717, 1.165) is 16.5 Å². The minimum Gasteiger partial charge on any atom is -0.355 e. The van der Waals surface area contributed by atoms with Gasteiger partial charge in [-0.15, -0.1) is 0 Å². The largest absolute Gasteiger partial charge is 0.355 e. The van der Waals surface area contributed by atoms with Crippen LogP contribution in [0.1, 0.15) is 0 Å². The van der Waals surface area contributed by atoms with Crippen molar-refractivity contribution in [2.75, 3.05) is 0 Å². The summed E-state index contributed by atoms with van der Waals surface area (Å²) in [4.78, 5) is 3.35. The average molecular weight is 177 g/mol. The lowest BCUT2D eigenvalue weighted by Crippen LogP contribution is -1.98. The van der Waals surface area contributed by atoms with Crippen LogP contribution in [0.25, 0.3) is 21.8 Å². The Morgan fingerprint density at radius 2 is 1.64 bits per heavy atom. The highest BCUT2D eigenvalue weighted by molar-refractivity contribution is 6.33. The number of aromatic amines is 1. The molecule has 0 bridgehead atoms. The van der Waals surface area contributed by atoms with E-state index in [1.165, 1.54) is 10.8 Å². The number of nitrogens with one attached hydrogen (secondary N) is 1. The molecule has 1 aromatic heterocycles. The maximum absolute atomic E-state index is 5.76. The highest BCUT2D eigenvalue weighted by Gasteiger charge is 2.01. The van der Waals surface area contributed by atoms with Crippen LogP contribution in [0.5, 0.6) is 0 Å². The summed E-state index contributed by atoms with van der Waals surface area (Å²) in [6.07, 6.45) is 0. The van der Waals surface area contributed by atoms with Gasteiger partial charge < -0.3 is 4.98 Å². The molecule has 0 amide bonds. The van der Waals surface area contributed by atoms with Gasteiger partial charge in [0.25, 0.3) is 0 Å². The fourth-order valence-corrected chi connectivity index (χ4v) is 1.87. The minimum atomic E-state index is 0.808. The van der Waals surface area contributed by atoms with Crippen LogP contribution in [0.3, 0.4) is 0 Å². The molecule has 2 heteroatoms. The van der Waals surface area contributed by atoms with Crippen LogP contribution in [0.2, 0.25) is 0 Å². The van der Waals surface area contributed by atoms with Gasteiger partial charge in [-0.25, -0.2) is 0 Å². The lowest BCUT2D eigenvalue weighted by atomic mass is 9.94. The summed E-state index contributed by atoms with van der Waals surface area (Å²) in [5, 5.41) is 2.43. The standard InChI is InChI=1S/C12H8BN/c13-8-5-6-12-10(7-8)9-3-1-2-4-11(9)14-12/h1-7,14H. The summed E-state index contributed by atoms with van der Waals surface area (Å²) in [7, 11) is 5.76. The fourth-order valence-electron chi connectivity index (χ4n) is 1.87. The van der Waals surface area contributed by atoms with Crippen LogP contribution in [0.4, 0.5) is 0 Å². The monoisotopic (exact) mass is 177 g/mol. The Labute approximate surface area is 83.2 Å². The number of benzene rings is 2. The van der Waals surface area contributed by atoms with Gasteiger partial charge >= 0.3 is 0 Å². The van der Waals surface area contributed by atoms with Gasteiger partial charge in [0, 0.05) is 21.8 Å². The molecule has 2 radical (unpaired) electrons. The molecule has 64 valence electrons. The minimum absolute atomic E-state index is 0.808. The van der Waals surface area contributed by atoms with Gasteiger partial charge in [0.1, 0.15) is 7.85 Å². The smallest absolute Gasteiger partial charge is 0.113 e. The summed E-state index contributed by atoms with van der Waals surface area (Å²) in [5.74, 6) is 0. The van der Waals surface area contributed by atoms with Crippen molar-refractivity contribution in [2.24, 2.45) is 0 Å². The summed E-state index contributed by atoms with van der Waals surface area (Å²) >= 11 is 0. The highest BCUT2D eigenvalue weighted by Crippen LogP contribution is 2.23. The highest BCUT2D eigenvalue weighted by atomic mass is 14.7. The third kappa shape index (κ3) is 0.972. The van der Waals surface area contributed by atoms with Crippen LogP contribution in [0, 0.1) is 0 Å². The van der Waals surface area contributed by atoms with Crippen molar-refractivity contribution in [3.8, 4) is 0 Å². The van der Waals surface area contributed by atoms with Gasteiger partial charge in [-0.1, -0.05) is 35.8 Å². The van der Waals surface area contributed by atoms with E-state index < -0.39 is 0 Å². The second kappa shape index (κ2) is 2.64. The predicted octanol–water partition coefficient (Wildman–Crippen LogP) is 2.11. The van der Waals surface area contributed by atoms with E-state index in [-0.39, 0.29) is 0 Å². The number of fused-ring (bicyclic) bond motifs is 3. The molecule has 0 aliphatic carbocycles. The van der Waals surface area contributed by atoms with E-state index >= 15 is 0 Å². The Kier molecular flexibility index (Phi) is 1.45. The zero-order valence-electron chi connectivity index (χ0n) is 7.62. The molecule has 1 nitrogen and oxygen atoms in total. The first-order valence-electron chi connectivity index (χ1n) is 4.60. The molecular formula is C12H8BN. The maximum Gasteiger partial charge on any atom is 0.113 e. The molecule has 2 aromatic carbocycles. The molecule has 0 saturated heterocycles. The first-order chi connectivity index (χ1) is 6.84. The second-order valence-corrected chi connectivity index (χ2v) is 3.48. The van der Waals surface area contributed by atoms with Crippen molar-refractivity contribution in [3.05, 3.63) is 42.5 Å². The summed E-state index contributed by atoms with van der Waals surface area (Å²) in [5.41, 5.74) is 3.11. The predicted molar refractivity (Wildman–Crippen MR) is 61.2 cm³/mol. The van der Waals surface area contributed by atoms with Crippen molar-refractivity contribution < 1.29 is 0 Å². The van der Waals surface area contributed by atoms with Crippen LogP contribution in [0.15, 0.2) is 42.5 Å². The van der Waals surface area contributed by atoms with Gasteiger partial charge in [-0.2, -0.15) is 0 Å². The van der Waals surface area contributed by atoms with Crippen molar-refractivity contribution in [1.82, 2.24) is 4.98 Å². The first kappa shape index (κ1) is 7.68. The molecule has 0 aliphatic heterocycles. The quantitative estimate of drug-likeness (QED) is 0.506. The molecule has 1 N–H and O–H groups in total. The number of hydrogen-bond acceptors (Lipinski definition) is 0. The van der Waals surface area contributed by atoms with E-state index in [1.807, 2.05) is 30.3 Å². The van der Waals surface area contributed by atoms with Crippen LogP contribution in [-0.2, 0) is 0 Å². The van der Waals surface area contributed by atoms with Gasteiger partial charge in [0.05, 0.1) is 0 Å². The molecule has 0 aliphatic rings. The molecular weight excluding hydrogens is 169 g/mol. The average Bonchev–Trinajstić information content (AvgIpc) is 2.56. The maximum atomic E-state index is 5.76.